The normalized spacial score (nSPS) is 10.2. The quantitative estimate of drug-likeness (QED) is 0.150. The van der Waals surface area contributed by atoms with E-state index in [1.165, 1.54) is 43.3 Å². The Kier molecular flexibility index (Phi) is 11.3. The van der Waals surface area contributed by atoms with Crippen LogP contribution in [0.5, 0.6) is 0 Å². The molecule has 0 radical (unpaired) electrons. The molecule has 0 heterocycles. The largest absolute Gasteiger partial charge is 0.464 e. The first kappa shape index (κ1) is 30.3. The number of carbonyl (C=O) groups is 5. The lowest BCUT2D eigenvalue weighted by atomic mass is 9.97. The molecule has 0 bridgehead atoms. The Balaban J connectivity index is 1.62. The van der Waals surface area contributed by atoms with E-state index in [0.29, 0.717) is 5.56 Å². The predicted octanol–water partition coefficient (Wildman–Crippen LogP) is 3.28. The highest BCUT2D eigenvalue weighted by atomic mass is 19.1. The molecule has 0 fully saturated rings. The highest BCUT2D eigenvalue weighted by Crippen LogP contribution is 2.21. The Hall–Kier alpha value is -5.26. The molecule has 0 aliphatic heterocycles. The molecule has 3 aromatic carbocycles. The van der Waals surface area contributed by atoms with Crippen LogP contribution < -0.4 is 21.3 Å². The molecule has 4 N–H and O–H groups in total. The topological polar surface area (TPSA) is 152 Å². The molecular formula is C29H29FN4O7. The van der Waals surface area contributed by atoms with E-state index >= 15 is 0 Å². The average molecular weight is 565 g/mol. The van der Waals surface area contributed by atoms with E-state index in [9.17, 15) is 28.4 Å². The van der Waals surface area contributed by atoms with Crippen molar-refractivity contribution in [2.75, 3.05) is 25.0 Å². The summed E-state index contributed by atoms with van der Waals surface area (Å²) in [4.78, 5) is 60.6. The van der Waals surface area contributed by atoms with Gasteiger partial charge in [-0.3, -0.25) is 14.4 Å². The Morgan fingerprint density at radius 3 is 2.27 bits per heavy atom. The number of urea groups is 1. The summed E-state index contributed by atoms with van der Waals surface area (Å²) in [7, 11) is 0. The number of nitrogens with one attached hydrogen (secondary N) is 4. The summed E-state index contributed by atoms with van der Waals surface area (Å²) in [6.45, 7) is 0.833. The first-order chi connectivity index (χ1) is 19.7. The number of benzene rings is 3. The number of halogens is 1. The van der Waals surface area contributed by atoms with Gasteiger partial charge in [-0.15, -0.1) is 0 Å². The highest BCUT2D eigenvalue weighted by molar-refractivity contribution is 6.11. The monoisotopic (exact) mass is 564 g/mol. The molecule has 4 amide bonds. The van der Waals surface area contributed by atoms with Crippen molar-refractivity contribution in [3.63, 3.8) is 0 Å². The van der Waals surface area contributed by atoms with Crippen LogP contribution >= 0.6 is 0 Å². The van der Waals surface area contributed by atoms with E-state index in [2.05, 4.69) is 21.3 Å². The van der Waals surface area contributed by atoms with E-state index < -0.39 is 35.6 Å². The summed E-state index contributed by atoms with van der Waals surface area (Å²) < 4.78 is 24.2. The van der Waals surface area contributed by atoms with Crippen LogP contribution in [0.25, 0.3) is 0 Å². The minimum Gasteiger partial charge on any atom is -0.464 e. The zero-order valence-electron chi connectivity index (χ0n) is 22.2. The summed E-state index contributed by atoms with van der Waals surface area (Å²) in [6.07, 6.45) is -0.777. The van der Waals surface area contributed by atoms with Crippen LogP contribution in [-0.2, 0) is 32.2 Å². The molecule has 41 heavy (non-hydrogen) atoms. The number of anilines is 1. The summed E-state index contributed by atoms with van der Waals surface area (Å²) in [5.74, 6) is -2.42. The molecule has 0 aliphatic rings. The van der Waals surface area contributed by atoms with E-state index in [1.807, 2.05) is 6.07 Å². The molecule has 0 aromatic heterocycles. The zero-order valence-corrected chi connectivity index (χ0v) is 22.2. The van der Waals surface area contributed by atoms with Gasteiger partial charge < -0.3 is 30.7 Å². The first-order valence-electron chi connectivity index (χ1n) is 12.5. The van der Waals surface area contributed by atoms with Gasteiger partial charge in [0.15, 0.2) is 5.78 Å². The Morgan fingerprint density at radius 2 is 1.54 bits per heavy atom. The van der Waals surface area contributed by atoms with Crippen molar-refractivity contribution in [3.05, 3.63) is 101 Å². The van der Waals surface area contributed by atoms with Gasteiger partial charge in [-0.25, -0.2) is 14.0 Å². The number of ether oxygens (including phenoxy) is 2. The predicted molar refractivity (Wildman–Crippen MR) is 146 cm³/mol. The van der Waals surface area contributed by atoms with Crippen LogP contribution in [0.15, 0.2) is 72.8 Å². The summed E-state index contributed by atoms with van der Waals surface area (Å²) in [6, 6.07) is 18.2. The zero-order chi connectivity index (χ0) is 29.6. The number of hydrogen-bond donors (Lipinski definition) is 4. The molecule has 3 aromatic rings. The molecule has 0 saturated carbocycles. The average Bonchev–Trinajstić information content (AvgIpc) is 2.96. The molecule has 0 saturated heterocycles. The maximum atomic E-state index is 14.4. The van der Waals surface area contributed by atoms with Gasteiger partial charge in [0.25, 0.3) is 0 Å². The minimum absolute atomic E-state index is 0.0159. The molecule has 0 unspecified atom stereocenters. The van der Waals surface area contributed by atoms with E-state index in [1.54, 1.807) is 24.3 Å². The molecular weight excluding hydrogens is 535 g/mol. The molecule has 3 rings (SSSR count). The number of alkyl carbamates (subject to hydrolysis) is 1. The van der Waals surface area contributed by atoms with E-state index in [4.69, 9.17) is 9.47 Å². The van der Waals surface area contributed by atoms with E-state index in [0.717, 1.165) is 11.6 Å². The lowest BCUT2D eigenvalue weighted by Gasteiger charge is -2.14. The van der Waals surface area contributed by atoms with Gasteiger partial charge in [0.05, 0.1) is 12.1 Å². The molecule has 12 heteroatoms. The number of ketones is 1. The van der Waals surface area contributed by atoms with Gasteiger partial charge in [0.1, 0.15) is 25.6 Å². The van der Waals surface area contributed by atoms with E-state index in [-0.39, 0.29) is 49.7 Å². The van der Waals surface area contributed by atoms with Crippen LogP contribution in [-0.4, -0.2) is 49.5 Å². The van der Waals surface area contributed by atoms with Gasteiger partial charge in [0, 0.05) is 24.7 Å². The Morgan fingerprint density at radius 1 is 0.805 bits per heavy atom. The number of carbonyl (C=O) groups excluding carboxylic acids is 5. The van der Waals surface area contributed by atoms with Crippen molar-refractivity contribution in [1.29, 1.82) is 0 Å². The van der Waals surface area contributed by atoms with Gasteiger partial charge in [-0.2, -0.15) is 0 Å². The van der Waals surface area contributed by atoms with Crippen molar-refractivity contribution in [2.45, 2.75) is 20.1 Å². The lowest BCUT2D eigenvalue weighted by molar-refractivity contribution is -0.140. The molecule has 0 atom stereocenters. The fourth-order valence-corrected chi connectivity index (χ4v) is 3.53. The van der Waals surface area contributed by atoms with Crippen molar-refractivity contribution < 1.29 is 37.8 Å². The van der Waals surface area contributed by atoms with Crippen molar-refractivity contribution >= 4 is 35.5 Å². The summed E-state index contributed by atoms with van der Waals surface area (Å²) in [5.41, 5.74) is 1.22. The van der Waals surface area contributed by atoms with Gasteiger partial charge in [-0.05, 0) is 35.4 Å². The number of esters is 1. The Labute approximate surface area is 235 Å². The maximum Gasteiger partial charge on any atom is 0.407 e. The third kappa shape index (κ3) is 10.1. The van der Waals surface area contributed by atoms with Crippen molar-refractivity contribution in [3.8, 4) is 0 Å². The maximum absolute atomic E-state index is 14.4. The SMILES string of the molecule is CC(=O)OCCNC(=O)Nc1ccc(CNC(=O)CNC(=O)OCc2ccccc2)c(C(=O)c2ccccc2F)c1. The fourth-order valence-electron chi connectivity index (χ4n) is 3.53. The first-order valence-corrected chi connectivity index (χ1v) is 12.5. The van der Waals surface area contributed by atoms with Crippen LogP contribution in [0, 0.1) is 5.82 Å². The van der Waals surface area contributed by atoms with Crippen molar-refractivity contribution in [1.82, 2.24) is 16.0 Å². The van der Waals surface area contributed by atoms with Crippen LogP contribution in [0.1, 0.15) is 34.0 Å². The third-order valence-corrected chi connectivity index (χ3v) is 5.51. The second kappa shape index (κ2) is 15.4. The molecule has 214 valence electrons. The number of hydrogen-bond acceptors (Lipinski definition) is 7. The standard InChI is InChI=1S/C29H29FN4O7/c1-19(35)40-14-13-31-28(38)34-22-12-11-21(24(15-22)27(37)23-9-5-6-10-25(23)30)16-32-26(36)17-33-29(39)41-18-20-7-3-2-4-8-20/h2-12,15H,13-14,16-18H2,1H3,(H,32,36)(H,33,39)(H2,31,34,38). The smallest absolute Gasteiger partial charge is 0.407 e. The van der Waals surface area contributed by atoms with Gasteiger partial charge >= 0.3 is 18.1 Å². The fraction of sp³-hybridized carbons (Fsp3) is 0.207. The lowest BCUT2D eigenvalue weighted by Crippen LogP contribution is -2.37. The molecule has 0 aliphatic carbocycles. The minimum atomic E-state index is -0.777. The highest BCUT2D eigenvalue weighted by Gasteiger charge is 2.19. The van der Waals surface area contributed by atoms with Crippen LogP contribution in [0.2, 0.25) is 0 Å². The van der Waals surface area contributed by atoms with Crippen LogP contribution in [0.3, 0.4) is 0 Å². The number of rotatable bonds is 12. The van der Waals surface area contributed by atoms with Gasteiger partial charge in [0.2, 0.25) is 5.91 Å². The molecule has 11 nitrogen and oxygen atoms in total. The second-order valence-corrected chi connectivity index (χ2v) is 8.59. The third-order valence-electron chi connectivity index (χ3n) is 5.51. The molecule has 0 spiro atoms. The summed E-state index contributed by atoms with van der Waals surface area (Å²) in [5, 5.41) is 10.00. The van der Waals surface area contributed by atoms with Crippen molar-refractivity contribution in [2.24, 2.45) is 0 Å². The Bertz CT molecular complexity index is 1400. The number of amides is 4. The summed E-state index contributed by atoms with van der Waals surface area (Å²) >= 11 is 0. The second-order valence-electron chi connectivity index (χ2n) is 8.59. The van der Waals surface area contributed by atoms with Crippen LogP contribution in [0.4, 0.5) is 19.7 Å². The van der Waals surface area contributed by atoms with Gasteiger partial charge in [-0.1, -0.05) is 48.5 Å².